The first kappa shape index (κ1) is 14.3. The number of hydrogen-bond acceptors (Lipinski definition) is 2. The minimum absolute atomic E-state index is 0.0795. The standard InChI is InChI=1S/C14H17FIN3/c1-8-7-9(15)5-6-10(8)19-13(17)11(16)12(18-19)14(2,3)4/h5-7H,17H2,1-4H3. The summed E-state index contributed by atoms with van der Waals surface area (Å²) in [5.74, 6) is 0.345. The first-order chi connectivity index (χ1) is 8.71. The van der Waals surface area contributed by atoms with Crippen molar-refractivity contribution in [2.75, 3.05) is 5.73 Å². The van der Waals surface area contributed by atoms with Gasteiger partial charge < -0.3 is 5.73 Å². The average Bonchev–Trinajstić information content (AvgIpc) is 2.56. The predicted molar refractivity (Wildman–Crippen MR) is 84.1 cm³/mol. The molecule has 0 atom stereocenters. The number of anilines is 1. The van der Waals surface area contributed by atoms with Gasteiger partial charge in [0, 0.05) is 5.41 Å². The van der Waals surface area contributed by atoms with Gasteiger partial charge in [-0.1, -0.05) is 20.8 Å². The van der Waals surface area contributed by atoms with E-state index in [-0.39, 0.29) is 11.2 Å². The zero-order chi connectivity index (χ0) is 14.4. The molecule has 0 fully saturated rings. The van der Waals surface area contributed by atoms with Crippen molar-refractivity contribution >= 4 is 28.4 Å². The number of halogens is 2. The third-order valence-electron chi connectivity index (χ3n) is 2.96. The molecule has 0 spiro atoms. The van der Waals surface area contributed by atoms with Crippen LogP contribution in [0.2, 0.25) is 0 Å². The molecular weight excluding hydrogens is 356 g/mol. The Bertz CT molecular complexity index is 626. The first-order valence-corrected chi connectivity index (χ1v) is 7.10. The van der Waals surface area contributed by atoms with Crippen molar-refractivity contribution in [3.63, 3.8) is 0 Å². The van der Waals surface area contributed by atoms with E-state index in [9.17, 15) is 4.39 Å². The highest BCUT2D eigenvalue weighted by atomic mass is 127. The molecule has 102 valence electrons. The molecule has 2 aromatic rings. The van der Waals surface area contributed by atoms with E-state index in [1.54, 1.807) is 10.7 Å². The van der Waals surface area contributed by atoms with Crippen LogP contribution in [0.5, 0.6) is 0 Å². The summed E-state index contributed by atoms with van der Waals surface area (Å²) >= 11 is 2.21. The van der Waals surface area contributed by atoms with Gasteiger partial charge in [0.15, 0.2) is 0 Å². The Hall–Kier alpha value is -1.11. The van der Waals surface area contributed by atoms with Gasteiger partial charge in [-0.3, -0.25) is 0 Å². The van der Waals surface area contributed by atoms with E-state index >= 15 is 0 Å². The minimum Gasteiger partial charge on any atom is -0.383 e. The van der Waals surface area contributed by atoms with E-state index < -0.39 is 0 Å². The van der Waals surface area contributed by atoms with Crippen LogP contribution in [0.1, 0.15) is 32.0 Å². The normalized spacial score (nSPS) is 11.9. The molecular formula is C14H17FIN3. The molecule has 0 radical (unpaired) electrons. The lowest BCUT2D eigenvalue weighted by Crippen LogP contribution is -2.14. The summed E-state index contributed by atoms with van der Waals surface area (Å²) in [4.78, 5) is 0. The van der Waals surface area contributed by atoms with Gasteiger partial charge in [0.1, 0.15) is 11.6 Å². The van der Waals surface area contributed by atoms with Crippen LogP contribution in [0.25, 0.3) is 5.69 Å². The van der Waals surface area contributed by atoms with Gasteiger partial charge in [-0.15, -0.1) is 0 Å². The molecule has 2 rings (SSSR count). The van der Waals surface area contributed by atoms with Crippen LogP contribution in [0.3, 0.4) is 0 Å². The molecule has 0 amide bonds. The summed E-state index contributed by atoms with van der Waals surface area (Å²) in [7, 11) is 0. The van der Waals surface area contributed by atoms with Crippen molar-refractivity contribution in [3.05, 3.63) is 38.8 Å². The molecule has 0 aliphatic carbocycles. The van der Waals surface area contributed by atoms with Gasteiger partial charge in [0.2, 0.25) is 0 Å². The van der Waals surface area contributed by atoms with E-state index in [1.807, 2.05) is 6.92 Å². The number of aromatic nitrogens is 2. The molecule has 0 aliphatic heterocycles. The Kier molecular flexibility index (Phi) is 3.59. The topological polar surface area (TPSA) is 43.8 Å². The smallest absolute Gasteiger partial charge is 0.141 e. The van der Waals surface area contributed by atoms with Gasteiger partial charge in [0.25, 0.3) is 0 Å². The van der Waals surface area contributed by atoms with Crippen LogP contribution < -0.4 is 5.73 Å². The van der Waals surface area contributed by atoms with Gasteiger partial charge in [-0.05, 0) is 53.3 Å². The summed E-state index contributed by atoms with van der Waals surface area (Å²) in [5, 5.41) is 4.60. The average molecular weight is 373 g/mol. The van der Waals surface area contributed by atoms with Crippen LogP contribution in [0, 0.1) is 16.3 Å². The highest BCUT2D eigenvalue weighted by molar-refractivity contribution is 14.1. The van der Waals surface area contributed by atoms with Crippen LogP contribution in [0.15, 0.2) is 18.2 Å². The Morgan fingerprint density at radius 1 is 1.32 bits per heavy atom. The summed E-state index contributed by atoms with van der Waals surface area (Å²) < 4.78 is 15.8. The van der Waals surface area contributed by atoms with E-state index in [0.717, 1.165) is 20.5 Å². The van der Waals surface area contributed by atoms with Crippen LogP contribution in [0.4, 0.5) is 10.2 Å². The second-order valence-electron chi connectivity index (χ2n) is 5.64. The lowest BCUT2D eigenvalue weighted by atomic mass is 9.92. The number of aryl methyl sites for hydroxylation is 1. The molecule has 3 nitrogen and oxygen atoms in total. The fourth-order valence-corrected chi connectivity index (χ4v) is 3.08. The van der Waals surface area contributed by atoms with Crippen LogP contribution >= 0.6 is 22.6 Å². The van der Waals surface area contributed by atoms with Gasteiger partial charge in [0.05, 0.1) is 15.0 Å². The van der Waals surface area contributed by atoms with Crippen molar-refractivity contribution in [3.8, 4) is 5.69 Å². The second-order valence-corrected chi connectivity index (χ2v) is 6.72. The van der Waals surface area contributed by atoms with Crippen molar-refractivity contribution < 1.29 is 4.39 Å². The minimum atomic E-state index is -0.252. The zero-order valence-corrected chi connectivity index (χ0v) is 13.6. The molecule has 0 unspecified atom stereocenters. The summed E-state index contributed by atoms with van der Waals surface area (Å²) in [6.07, 6.45) is 0. The number of nitrogens with two attached hydrogens (primary N) is 1. The van der Waals surface area contributed by atoms with Gasteiger partial charge in [-0.2, -0.15) is 5.10 Å². The molecule has 19 heavy (non-hydrogen) atoms. The number of nitrogens with zero attached hydrogens (tertiary/aromatic N) is 2. The molecule has 5 heteroatoms. The quantitative estimate of drug-likeness (QED) is 0.773. The first-order valence-electron chi connectivity index (χ1n) is 6.03. The fraction of sp³-hybridized carbons (Fsp3) is 0.357. The van der Waals surface area contributed by atoms with Gasteiger partial charge in [-0.25, -0.2) is 9.07 Å². The predicted octanol–water partition coefficient (Wildman–Crippen LogP) is 3.80. The Morgan fingerprint density at radius 3 is 2.42 bits per heavy atom. The lowest BCUT2D eigenvalue weighted by molar-refractivity contribution is 0.557. The monoisotopic (exact) mass is 373 g/mol. The maximum Gasteiger partial charge on any atom is 0.141 e. The highest BCUT2D eigenvalue weighted by Crippen LogP contribution is 2.32. The van der Waals surface area contributed by atoms with Crippen molar-refractivity contribution in [1.82, 2.24) is 9.78 Å². The Labute approximate surface area is 126 Å². The number of nitrogen functional groups attached to an aromatic ring is 1. The Balaban J connectivity index is 2.64. The van der Waals surface area contributed by atoms with Gasteiger partial charge >= 0.3 is 0 Å². The molecule has 1 aromatic heterocycles. The van der Waals surface area contributed by atoms with Crippen LogP contribution in [-0.2, 0) is 5.41 Å². The number of hydrogen-bond donors (Lipinski definition) is 1. The molecule has 0 bridgehead atoms. The third kappa shape index (κ3) is 2.61. The number of rotatable bonds is 1. The largest absolute Gasteiger partial charge is 0.383 e. The third-order valence-corrected chi connectivity index (χ3v) is 4.02. The Morgan fingerprint density at radius 2 is 1.95 bits per heavy atom. The van der Waals surface area contributed by atoms with E-state index in [2.05, 4.69) is 48.5 Å². The lowest BCUT2D eigenvalue weighted by Gasteiger charge is -2.15. The molecule has 1 aromatic carbocycles. The second kappa shape index (κ2) is 4.77. The summed E-state index contributed by atoms with van der Waals surface area (Å²) in [5.41, 5.74) is 8.64. The molecule has 2 N–H and O–H groups in total. The van der Waals surface area contributed by atoms with E-state index in [4.69, 9.17) is 5.73 Å². The van der Waals surface area contributed by atoms with E-state index in [1.165, 1.54) is 12.1 Å². The van der Waals surface area contributed by atoms with Crippen molar-refractivity contribution in [2.24, 2.45) is 0 Å². The van der Waals surface area contributed by atoms with Crippen LogP contribution in [-0.4, -0.2) is 9.78 Å². The summed E-state index contributed by atoms with van der Waals surface area (Å²) in [6, 6.07) is 4.61. The molecule has 0 aliphatic rings. The number of benzene rings is 1. The SMILES string of the molecule is Cc1cc(F)ccc1-n1nc(C(C)(C)C)c(I)c1N. The molecule has 1 heterocycles. The zero-order valence-electron chi connectivity index (χ0n) is 11.5. The maximum atomic E-state index is 13.2. The van der Waals surface area contributed by atoms with E-state index in [0.29, 0.717) is 5.82 Å². The highest BCUT2D eigenvalue weighted by Gasteiger charge is 2.25. The molecule has 0 saturated carbocycles. The summed E-state index contributed by atoms with van der Waals surface area (Å²) in [6.45, 7) is 8.14. The van der Waals surface area contributed by atoms with Crippen molar-refractivity contribution in [1.29, 1.82) is 0 Å². The molecule has 0 saturated heterocycles. The maximum absolute atomic E-state index is 13.2. The fourth-order valence-electron chi connectivity index (χ4n) is 1.93. The van der Waals surface area contributed by atoms with Crippen molar-refractivity contribution in [2.45, 2.75) is 33.1 Å².